The minimum Gasteiger partial charge on any atom is -0.462 e. The average Bonchev–Trinajstić information content (AvgIpc) is 3.22. The van der Waals surface area contributed by atoms with E-state index in [0.29, 0.717) is 6.42 Å². The van der Waals surface area contributed by atoms with Gasteiger partial charge in [-0.15, -0.1) is 5.73 Å². The highest BCUT2D eigenvalue weighted by molar-refractivity contribution is 5.70. The summed E-state index contributed by atoms with van der Waals surface area (Å²) >= 11 is 0. The molecular weight excluding hydrogens is 737 g/mol. The van der Waals surface area contributed by atoms with E-state index in [1.165, 1.54) is 128 Å². The number of hydrogen-bond donors (Lipinski definition) is 4. The quantitative estimate of drug-likeness (QED) is 0.0267. The van der Waals surface area contributed by atoms with Crippen molar-refractivity contribution in [3.63, 3.8) is 0 Å². The molecule has 4 N–H and O–H groups in total. The van der Waals surface area contributed by atoms with Crippen LogP contribution in [0, 0.1) is 0 Å². The van der Waals surface area contributed by atoms with Crippen LogP contribution in [-0.2, 0) is 28.5 Å². The SMILES string of the molecule is CCCCCCCC=C=CCCCCCCCC(=O)O[C@@H](COC(=O)CCCCCCCCCCCCCCCCCCCC)CO[C@H]1O[C@@H](CO)[C@@H](O)C(O)C1O. The molecule has 1 aliphatic heterocycles. The van der Waals surface area contributed by atoms with Crippen molar-refractivity contribution in [2.75, 3.05) is 19.8 Å². The minimum absolute atomic E-state index is 0.213. The summed E-state index contributed by atoms with van der Waals surface area (Å²) in [7, 11) is 0. The molecule has 10 heteroatoms. The maximum atomic E-state index is 12.8. The minimum atomic E-state index is -1.60. The van der Waals surface area contributed by atoms with E-state index in [1.807, 2.05) is 0 Å². The fraction of sp³-hybridized carbons (Fsp3) is 0.896. The summed E-state index contributed by atoms with van der Waals surface area (Å²) in [5, 5.41) is 40.1. The molecule has 0 aromatic heterocycles. The van der Waals surface area contributed by atoms with Crippen LogP contribution in [0.25, 0.3) is 0 Å². The fourth-order valence-corrected chi connectivity index (χ4v) is 7.34. The van der Waals surface area contributed by atoms with E-state index < -0.39 is 49.4 Å². The first-order valence-electron chi connectivity index (χ1n) is 24.0. The number of esters is 2. The predicted octanol–water partition coefficient (Wildman–Crippen LogP) is 10.5. The number of ether oxygens (including phenoxy) is 4. The van der Waals surface area contributed by atoms with E-state index in [1.54, 1.807) is 0 Å². The van der Waals surface area contributed by atoms with Crippen molar-refractivity contribution in [3.8, 4) is 0 Å². The topological polar surface area (TPSA) is 152 Å². The van der Waals surface area contributed by atoms with Crippen molar-refractivity contribution in [1.82, 2.24) is 0 Å². The van der Waals surface area contributed by atoms with Crippen molar-refractivity contribution in [2.24, 2.45) is 0 Å². The summed E-state index contributed by atoms with van der Waals surface area (Å²) in [4.78, 5) is 25.4. The van der Waals surface area contributed by atoms with Crippen molar-refractivity contribution in [2.45, 2.75) is 256 Å². The van der Waals surface area contributed by atoms with Crippen LogP contribution in [0.1, 0.15) is 219 Å². The Morgan fingerprint density at radius 2 is 0.966 bits per heavy atom. The van der Waals surface area contributed by atoms with Gasteiger partial charge < -0.3 is 39.4 Å². The number of hydrogen-bond acceptors (Lipinski definition) is 10. The molecule has 340 valence electrons. The maximum Gasteiger partial charge on any atom is 0.306 e. The second kappa shape index (κ2) is 39.4. The predicted molar refractivity (Wildman–Crippen MR) is 232 cm³/mol. The van der Waals surface area contributed by atoms with Crippen LogP contribution in [0.3, 0.4) is 0 Å². The van der Waals surface area contributed by atoms with Crippen molar-refractivity contribution < 1.29 is 49.0 Å². The number of aliphatic hydroxyl groups excluding tert-OH is 4. The zero-order chi connectivity index (χ0) is 42.3. The lowest BCUT2D eigenvalue weighted by atomic mass is 9.99. The molecule has 1 saturated heterocycles. The zero-order valence-corrected chi connectivity index (χ0v) is 37.1. The first-order chi connectivity index (χ1) is 28.3. The van der Waals surface area contributed by atoms with Gasteiger partial charge in [0.15, 0.2) is 12.4 Å². The molecule has 0 spiro atoms. The van der Waals surface area contributed by atoms with Gasteiger partial charge in [-0.05, 0) is 50.7 Å². The largest absolute Gasteiger partial charge is 0.462 e. The summed E-state index contributed by atoms with van der Waals surface area (Å²) in [6, 6.07) is 0. The zero-order valence-electron chi connectivity index (χ0n) is 37.1. The Morgan fingerprint density at radius 3 is 1.41 bits per heavy atom. The third-order valence-corrected chi connectivity index (χ3v) is 11.2. The first kappa shape index (κ1) is 54.2. The summed E-state index contributed by atoms with van der Waals surface area (Å²) in [5.41, 5.74) is 3.30. The number of unbranched alkanes of at least 4 members (excludes halogenated alkanes) is 27. The molecule has 2 unspecified atom stereocenters. The number of carbonyl (C=O) groups excluding carboxylic acids is 2. The summed E-state index contributed by atoms with van der Waals surface area (Å²) in [5.74, 6) is -0.817. The second-order valence-corrected chi connectivity index (χ2v) is 16.7. The standard InChI is InChI=1S/C48H88O10/c1-3-5-7-9-11-13-15-17-19-20-21-23-24-26-28-30-32-34-36-43(50)55-39-41(40-56-48-47(54)46(53)45(52)42(38-49)58-48)57-44(51)37-35-33-31-29-27-25-22-18-16-14-12-10-8-6-4-2/h16,22,41-42,45-49,52-54H,3-15,17,19-21,23-40H2,1-2H3/t18?,41-,42-,45+,46?,47?,48-/m0/s1. The third kappa shape index (κ3) is 30.3. The van der Waals surface area contributed by atoms with Crippen LogP contribution in [0.5, 0.6) is 0 Å². The van der Waals surface area contributed by atoms with Crippen molar-refractivity contribution in [3.05, 3.63) is 17.9 Å². The Labute approximate surface area is 353 Å². The molecule has 0 aliphatic carbocycles. The molecule has 10 nitrogen and oxygen atoms in total. The molecule has 1 rings (SSSR count). The molecule has 58 heavy (non-hydrogen) atoms. The monoisotopic (exact) mass is 825 g/mol. The molecule has 1 aliphatic rings. The van der Waals surface area contributed by atoms with E-state index in [-0.39, 0.29) is 32.0 Å². The summed E-state index contributed by atoms with van der Waals surface area (Å²) in [6.07, 6.45) is 32.8. The number of allylic oxidation sites excluding steroid dienone is 1. The Hall–Kier alpha value is -1.78. The van der Waals surface area contributed by atoms with E-state index in [0.717, 1.165) is 57.8 Å². The summed E-state index contributed by atoms with van der Waals surface area (Å²) in [6.45, 7) is 3.41. The van der Waals surface area contributed by atoms with Gasteiger partial charge in [0, 0.05) is 12.8 Å². The normalized spacial score (nSPS) is 19.7. The molecule has 0 aromatic carbocycles. The first-order valence-corrected chi connectivity index (χ1v) is 24.0. The van der Waals surface area contributed by atoms with Crippen molar-refractivity contribution >= 4 is 11.9 Å². The van der Waals surface area contributed by atoms with Crippen LogP contribution >= 0.6 is 0 Å². The van der Waals surface area contributed by atoms with Crippen molar-refractivity contribution in [1.29, 1.82) is 0 Å². The van der Waals surface area contributed by atoms with Gasteiger partial charge in [-0.1, -0.05) is 168 Å². The van der Waals surface area contributed by atoms with Gasteiger partial charge in [-0.2, -0.15) is 0 Å². The lowest BCUT2D eigenvalue weighted by molar-refractivity contribution is -0.305. The number of rotatable bonds is 40. The molecular formula is C48H88O10. The highest BCUT2D eigenvalue weighted by Gasteiger charge is 2.44. The van der Waals surface area contributed by atoms with Gasteiger partial charge in [0.2, 0.25) is 0 Å². The van der Waals surface area contributed by atoms with E-state index in [2.05, 4.69) is 31.7 Å². The van der Waals surface area contributed by atoms with Crippen LogP contribution in [0.4, 0.5) is 0 Å². The molecule has 0 aromatic rings. The highest BCUT2D eigenvalue weighted by atomic mass is 16.7. The van der Waals surface area contributed by atoms with Crippen LogP contribution in [0.15, 0.2) is 17.9 Å². The van der Waals surface area contributed by atoms with Gasteiger partial charge in [0.05, 0.1) is 13.2 Å². The molecule has 0 amide bonds. The lowest BCUT2D eigenvalue weighted by Crippen LogP contribution is -2.59. The third-order valence-electron chi connectivity index (χ3n) is 11.2. The Morgan fingerprint density at radius 1 is 0.552 bits per heavy atom. The molecule has 0 bridgehead atoms. The molecule has 0 saturated carbocycles. The maximum absolute atomic E-state index is 12.8. The Balaban J connectivity index is 2.30. The smallest absolute Gasteiger partial charge is 0.306 e. The van der Waals surface area contributed by atoms with Gasteiger partial charge in [-0.3, -0.25) is 9.59 Å². The van der Waals surface area contributed by atoms with Gasteiger partial charge in [0.25, 0.3) is 0 Å². The number of carbonyl (C=O) groups is 2. The van der Waals surface area contributed by atoms with Crippen LogP contribution in [0.2, 0.25) is 0 Å². The Kier molecular flexibility index (Phi) is 36.8. The molecule has 1 fully saturated rings. The number of aliphatic hydroxyl groups is 4. The van der Waals surface area contributed by atoms with E-state index in [4.69, 9.17) is 18.9 Å². The van der Waals surface area contributed by atoms with E-state index >= 15 is 0 Å². The average molecular weight is 825 g/mol. The highest BCUT2D eigenvalue weighted by Crippen LogP contribution is 2.23. The lowest BCUT2D eigenvalue weighted by Gasteiger charge is -2.39. The van der Waals surface area contributed by atoms with Gasteiger partial charge >= 0.3 is 11.9 Å². The molecule has 0 radical (unpaired) electrons. The second-order valence-electron chi connectivity index (χ2n) is 16.7. The molecule has 1 heterocycles. The molecule has 6 atom stereocenters. The van der Waals surface area contributed by atoms with E-state index in [9.17, 15) is 30.0 Å². The van der Waals surface area contributed by atoms with Crippen LogP contribution < -0.4 is 0 Å². The van der Waals surface area contributed by atoms with Gasteiger partial charge in [-0.25, -0.2) is 0 Å². The van der Waals surface area contributed by atoms with Gasteiger partial charge in [0.1, 0.15) is 31.0 Å². The fourth-order valence-electron chi connectivity index (χ4n) is 7.34. The Bertz CT molecular complexity index is 1010. The van der Waals surface area contributed by atoms with Crippen LogP contribution in [-0.4, -0.2) is 89.0 Å². The summed E-state index contributed by atoms with van der Waals surface area (Å²) < 4.78 is 22.2.